The highest BCUT2D eigenvalue weighted by molar-refractivity contribution is 5.72. The van der Waals surface area contributed by atoms with Crippen molar-refractivity contribution in [2.75, 3.05) is 7.11 Å². The van der Waals surface area contributed by atoms with Crippen LogP contribution in [-0.4, -0.2) is 58.8 Å². The molecule has 7 nitrogen and oxygen atoms in total. The van der Waals surface area contributed by atoms with E-state index in [1.165, 1.54) is 7.11 Å². The number of carbonyl (C=O) groups is 2. The van der Waals surface area contributed by atoms with Crippen LogP contribution in [0.5, 0.6) is 0 Å². The molecule has 0 heterocycles. The van der Waals surface area contributed by atoms with E-state index in [9.17, 15) is 24.9 Å². The van der Waals surface area contributed by atoms with E-state index in [1.807, 2.05) is 26.0 Å². The third kappa shape index (κ3) is 7.16. The number of methoxy groups -OCH3 is 1. The molecular weight excluding hydrogens is 400 g/mol. The first-order chi connectivity index (χ1) is 14.7. The molecule has 0 saturated heterocycles. The smallest absolute Gasteiger partial charge is 0.308 e. The number of esters is 2. The van der Waals surface area contributed by atoms with E-state index >= 15 is 0 Å². The average molecular weight is 439 g/mol. The Morgan fingerprint density at radius 1 is 1.26 bits per heavy atom. The van der Waals surface area contributed by atoms with Crippen molar-refractivity contribution in [3.05, 3.63) is 23.8 Å². The third-order valence-corrected chi connectivity index (χ3v) is 6.66. The highest BCUT2D eigenvalue weighted by Gasteiger charge is 2.42. The predicted molar refractivity (Wildman–Crippen MR) is 116 cm³/mol. The summed E-state index contributed by atoms with van der Waals surface area (Å²) in [7, 11) is 1.26. The van der Waals surface area contributed by atoms with E-state index in [-0.39, 0.29) is 42.5 Å². The summed E-state index contributed by atoms with van der Waals surface area (Å²) >= 11 is 0. The second-order valence-electron chi connectivity index (χ2n) is 9.06. The maximum absolute atomic E-state index is 12.5. The molecule has 0 amide bonds. The van der Waals surface area contributed by atoms with Gasteiger partial charge in [0.1, 0.15) is 6.10 Å². The summed E-state index contributed by atoms with van der Waals surface area (Å²) in [5, 5.41) is 30.7. The molecule has 0 aromatic heterocycles. The van der Waals surface area contributed by atoms with E-state index in [0.717, 1.165) is 5.57 Å². The molecule has 176 valence electrons. The Labute approximate surface area is 185 Å². The summed E-state index contributed by atoms with van der Waals surface area (Å²) < 4.78 is 10.4. The average Bonchev–Trinajstić information content (AvgIpc) is 2.72. The summed E-state index contributed by atoms with van der Waals surface area (Å²) in [6.07, 6.45) is 5.34. The summed E-state index contributed by atoms with van der Waals surface area (Å²) in [4.78, 5) is 23.8. The number of hydrogen-bond donors (Lipinski definition) is 3. The molecule has 2 aliphatic rings. The van der Waals surface area contributed by atoms with Gasteiger partial charge in [0.2, 0.25) is 0 Å². The van der Waals surface area contributed by atoms with Crippen molar-refractivity contribution in [2.24, 2.45) is 23.7 Å². The highest BCUT2D eigenvalue weighted by atomic mass is 16.5. The Balaban J connectivity index is 2.06. The first-order valence-corrected chi connectivity index (χ1v) is 11.4. The fourth-order valence-electron chi connectivity index (χ4n) is 4.59. The summed E-state index contributed by atoms with van der Waals surface area (Å²) in [6, 6.07) is 0. The van der Waals surface area contributed by atoms with Gasteiger partial charge in [0.05, 0.1) is 37.8 Å². The van der Waals surface area contributed by atoms with Crippen molar-refractivity contribution in [3.8, 4) is 0 Å². The summed E-state index contributed by atoms with van der Waals surface area (Å²) in [5.41, 5.74) is 0.976. The Morgan fingerprint density at radius 2 is 1.97 bits per heavy atom. The molecule has 2 aliphatic carbocycles. The number of aliphatic hydroxyl groups excluding tert-OH is 3. The normalized spacial score (nSPS) is 30.5. The van der Waals surface area contributed by atoms with Crippen LogP contribution in [-0.2, 0) is 19.1 Å². The fraction of sp³-hybridized carbons (Fsp3) is 0.750. The van der Waals surface area contributed by atoms with Gasteiger partial charge in [-0.25, -0.2) is 0 Å². The topological polar surface area (TPSA) is 113 Å². The summed E-state index contributed by atoms with van der Waals surface area (Å²) in [5.74, 6) is -0.636. The molecule has 7 heteroatoms. The zero-order valence-corrected chi connectivity index (χ0v) is 19.1. The van der Waals surface area contributed by atoms with Gasteiger partial charge in [-0.3, -0.25) is 9.59 Å². The van der Waals surface area contributed by atoms with Gasteiger partial charge >= 0.3 is 11.9 Å². The van der Waals surface area contributed by atoms with Crippen molar-refractivity contribution in [1.82, 2.24) is 0 Å². The van der Waals surface area contributed by atoms with Crippen molar-refractivity contribution in [3.63, 3.8) is 0 Å². The number of rotatable bonds is 10. The Morgan fingerprint density at radius 3 is 2.61 bits per heavy atom. The molecule has 0 aliphatic heterocycles. The number of ether oxygens (including phenoxy) is 2. The van der Waals surface area contributed by atoms with Gasteiger partial charge in [-0.15, -0.1) is 0 Å². The molecule has 0 bridgehead atoms. The molecule has 2 rings (SSSR count). The molecule has 1 unspecified atom stereocenters. The fourth-order valence-corrected chi connectivity index (χ4v) is 4.59. The van der Waals surface area contributed by atoms with Gasteiger partial charge < -0.3 is 24.8 Å². The molecule has 3 N–H and O–H groups in total. The van der Waals surface area contributed by atoms with E-state index in [4.69, 9.17) is 4.74 Å². The standard InChI is InChI=1S/C24H38O7/c1-5-14(2)24(29)31-21-12-18(26)10-16-7-6-15(3)20(23(16)21)9-8-17(25)11-19(27)13-22(28)30-4/h6-7,10,14-15,17-21,23,25-27H,5,8-9,11-13H2,1-4H3/t14-,15-,17?,18+,19-,20-,21-,23-/m0/s1. The first kappa shape index (κ1) is 25.6. The lowest BCUT2D eigenvalue weighted by Crippen LogP contribution is -2.43. The Kier molecular flexibility index (Phi) is 9.72. The second kappa shape index (κ2) is 11.8. The predicted octanol–water partition coefficient (Wildman–Crippen LogP) is 2.53. The molecule has 0 saturated carbocycles. The minimum Gasteiger partial charge on any atom is -0.469 e. The number of hydrogen-bond acceptors (Lipinski definition) is 7. The maximum Gasteiger partial charge on any atom is 0.308 e. The van der Waals surface area contributed by atoms with Gasteiger partial charge in [0.25, 0.3) is 0 Å². The van der Waals surface area contributed by atoms with Crippen LogP contribution in [0.25, 0.3) is 0 Å². The van der Waals surface area contributed by atoms with E-state index in [2.05, 4.69) is 17.7 Å². The molecule has 0 fully saturated rings. The van der Waals surface area contributed by atoms with Crippen molar-refractivity contribution >= 4 is 11.9 Å². The quantitative estimate of drug-likeness (QED) is 0.449. The first-order valence-electron chi connectivity index (χ1n) is 11.4. The van der Waals surface area contributed by atoms with Crippen LogP contribution in [0, 0.1) is 23.7 Å². The lowest BCUT2D eigenvalue weighted by atomic mass is 9.66. The Bertz CT molecular complexity index is 671. The minimum absolute atomic E-state index is 0.0383. The highest BCUT2D eigenvalue weighted by Crippen LogP contribution is 2.44. The van der Waals surface area contributed by atoms with Crippen LogP contribution in [0.4, 0.5) is 0 Å². The van der Waals surface area contributed by atoms with Crippen LogP contribution in [0.3, 0.4) is 0 Å². The monoisotopic (exact) mass is 438 g/mol. The van der Waals surface area contributed by atoms with Gasteiger partial charge in [-0.05, 0) is 43.1 Å². The van der Waals surface area contributed by atoms with Crippen LogP contribution in [0.1, 0.15) is 59.3 Å². The van der Waals surface area contributed by atoms with Crippen molar-refractivity contribution in [1.29, 1.82) is 0 Å². The van der Waals surface area contributed by atoms with E-state index in [1.54, 1.807) is 0 Å². The molecule has 0 spiro atoms. The summed E-state index contributed by atoms with van der Waals surface area (Å²) in [6.45, 7) is 5.89. The van der Waals surface area contributed by atoms with Crippen molar-refractivity contribution < 1.29 is 34.4 Å². The van der Waals surface area contributed by atoms with Crippen LogP contribution >= 0.6 is 0 Å². The molecule has 8 atom stereocenters. The zero-order chi connectivity index (χ0) is 23.1. The van der Waals surface area contributed by atoms with Gasteiger partial charge in [0, 0.05) is 12.3 Å². The Hall–Kier alpha value is -1.70. The van der Waals surface area contributed by atoms with Crippen molar-refractivity contribution in [2.45, 2.75) is 83.7 Å². The van der Waals surface area contributed by atoms with Gasteiger partial charge in [0.15, 0.2) is 0 Å². The van der Waals surface area contributed by atoms with Crippen LogP contribution in [0.15, 0.2) is 23.8 Å². The largest absolute Gasteiger partial charge is 0.469 e. The SMILES string of the molecule is CC[C@H](C)C(=O)O[C@H]1C[C@H](O)C=C2C=C[C@H](C)[C@H](CCC(O)C[C@H](O)CC(=O)OC)[C@H]21. The lowest BCUT2D eigenvalue weighted by Gasteiger charge is -2.43. The molecular formula is C24H38O7. The van der Waals surface area contributed by atoms with Gasteiger partial charge in [-0.2, -0.15) is 0 Å². The lowest BCUT2D eigenvalue weighted by molar-refractivity contribution is -0.159. The zero-order valence-electron chi connectivity index (χ0n) is 19.1. The molecule has 0 aromatic rings. The van der Waals surface area contributed by atoms with E-state index < -0.39 is 30.4 Å². The molecule has 0 aromatic carbocycles. The third-order valence-electron chi connectivity index (χ3n) is 6.66. The number of allylic oxidation sites excluding steroid dienone is 2. The molecule has 0 radical (unpaired) electrons. The number of fused-ring (bicyclic) bond motifs is 1. The van der Waals surface area contributed by atoms with Gasteiger partial charge in [-0.1, -0.05) is 39.0 Å². The molecule has 31 heavy (non-hydrogen) atoms. The minimum atomic E-state index is -0.948. The number of aliphatic hydroxyl groups is 3. The van der Waals surface area contributed by atoms with E-state index in [0.29, 0.717) is 25.7 Å². The second-order valence-corrected chi connectivity index (χ2v) is 9.06. The number of carbonyl (C=O) groups excluding carboxylic acids is 2. The van der Waals surface area contributed by atoms with Crippen LogP contribution in [0.2, 0.25) is 0 Å². The van der Waals surface area contributed by atoms with Crippen LogP contribution < -0.4 is 0 Å². The maximum atomic E-state index is 12.5.